The van der Waals surface area contributed by atoms with Crippen LogP contribution in [0.3, 0.4) is 0 Å². The lowest BCUT2D eigenvalue weighted by molar-refractivity contribution is 0.101. The fourth-order valence-electron chi connectivity index (χ4n) is 3.40. The van der Waals surface area contributed by atoms with Gasteiger partial charge in [0.15, 0.2) is 5.82 Å². The summed E-state index contributed by atoms with van der Waals surface area (Å²) < 4.78 is 8.85. The summed E-state index contributed by atoms with van der Waals surface area (Å²) in [5, 5.41) is 7.54. The van der Waals surface area contributed by atoms with Gasteiger partial charge in [-0.1, -0.05) is 57.8 Å². The fourth-order valence-corrected chi connectivity index (χ4v) is 4.04. The van der Waals surface area contributed by atoms with Crippen molar-refractivity contribution >= 4 is 43.5 Å². The third kappa shape index (κ3) is 5.17. The highest BCUT2D eigenvalue weighted by molar-refractivity contribution is 9.10. The smallest absolute Gasteiger partial charge is 0.295 e. The highest BCUT2D eigenvalue weighted by Gasteiger charge is 2.20. The lowest BCUT2D eigenvalue weighted by Gasteiger charge is -2.13. The Bertz CT molecular complexity index is 1280. The minimum Gasteiger partial charge on any atom is -0.497 e. The summed E-state index contributed by atoms with van der Waals surface area (Å²) >= 11 is 6.96. The second kappa shape index (κ2) is 9.89. The summed E-state index contributed by atoms with van der Waals surface area (Å²) in [7, 11) is 1.62. The van der Waals surface area contributed by atoms with Crippen LogP contribution in [0.5, 0.6) is 5.75 Å². The molecule has 0 aliphatic heterocycles. The molecule has 33 heavy (non-hydrogen) atoms. The lowest BCUT2D eigenvalue weighted by atomic mass is 10.0. The Morgan fingerprint density at radius 2 is 1.64 bits per heavy atom. The van der Waals surface area contributed by atoms with E-state index < -0.39 is 0 Å². The van der Waals surface area contributed by atoms with Crippen molar-refractivity contribution < 1.29 is 9.53 Å². The van der Waals surface area contributed by atoms with Crippen LogP contribution in [0.25, 0.3) is 17.1 Å². The van der Waals surface area contributed by atoms with E-state index in [-0.39, 0.29) is 17.6 Å². The molecule has 1 N–H and O–H groups in total. The maximum absolute atomic E-state index is 13.2. The van der Waals surface area contributed by atoms with E-state index in [1.54, 1.807) is 11.8 Å². The number of rotatable bonds is 6. The first-order valence-electron chi connectivity index (χ1n) is 10.3. The molecular weight excluding hydrogens is 548 g/mol. The minimum absolute atomic E-state index is 0.0846. The van der Waals surface area contributed by atoms with Gasteiger partial charge in [0.2, 0.25) is 5.82 Å². The van der Waals surface area contributed by atoms with Gasteiger partial charge in [0.1, 0.15) is 5.75 Å². The quantitative estimate of drug-likeness (QED) is 0.276. The molecule has 0 radical (unpaired) electrons. The first kappa shape index (κ1) is 23.2. The average Bonchev–Trinajstić information content (AvgIpc) is 3.26. The van der Waals surface area contributed by atoms with Crippen molar-refractivity contribution in [1.29, 1.82) is 0 Å². The number of hydrogen-bond acceptors (Lipinski definition) is 4. The van der Waals surface area contributed by atoms with Crippen LogP contribution in [0.1, 0.15) is 35.9 Å². The van der Waals surface area contributed by atoms with Gasteiger partial charge in [-0.15, -0.1) is 5.10 Å². The van der Waals surface area contributed by atoms with E-state index in [1.165, 1.54) is 0 Å². The van der Waals surface area contributed by atoms with Gasteiger partial charge in [0, 0.05) is 20.2 Å². The van der Waals surface area contributed by atoms with E-state index in [0.29, 0.717) is 5.82 Å². The molecular formula is C25H22Br2N4O2. The fraction of sp³-hybridized carbons (Fsp3) is 0.160. The summed E-state index contributed by atoms with van der Waals surface area (Å²) in [5.41, 5.74) is 3.38. The number of nitrogens with zero attached hydrogens (tertiary/aromatic N) is 3. The molecule has 4 aromatic rings. The van der Waals surface area contributed by atoms with Crippen molar-refractivity contribution in [1.82, 2.24) is 14.8 Å². The molecule has 0 bridgehead atoms. The van der Waals surface area contributed by atoms with Crippen LogP contribution in [0.4, 0.5) is 5.69 Å². The molecule has 0 spiro atoms. The van der Waals surface area contributed by atoms with Gasteiger partial charge in [0.05, 0.1) is 12.8 Å². The van der Waals surface area contributed by atoms with Gasteiger partial charge in [-0.2, -0.15) is 0 Å². The topological polar surface area (TPSA) is 69.0 Å². The summed E-state index contributed by atoms with van der Waals surface area (Å²) in [6.45, 7) is 4.17. The molecule has 1 aromatic heterocycles. The van der Waals surface area contributed by atoms with Crippen LogP contribution in [0.15, 0.2) is 75.7 Å². The van der Waals surface area contributed by atoms with Gasteiger partial charge >= 0.3 is 0 Å². The average molecular weight is 570 g/mol. The normalized spacial score (nSPS) is 11.0. The zero-order valence-corrected chi connectivity index (χ0v) is 21.5. The molecule has 0 saturated heterocycles. The minimum atomic E-state index is -0.371. The predicted molar refractivity (Wildman–Crippen MR) is 137 cm³/mol. The molecule has 3 aromatic carbocycles. The van der Waals surface area contributed by atoms with E-state index in [0.717, 1.165) is 37.2 Å². The number of ether oxygens (including phenoxy) is 1. The number of carbonyl (C=O) groups is 1. The molecule has 168 valence electrons. The molecule has 6 nitrogen and oxygen atoms in total. The van der Waals surface area contributed by atoms with E-state index >= 15 is 0 Å². The van der Waals surface area contributed by atoms with E-state index in [9.17, 15) is 4.79 Å². The summed E-state index contributed by atoms with van der Waals surface area (Å²) in [4.78, 5) is 17.8. The van der Waals surface area contributed by atoms with Gasteiger partial charge < -0.3 is 10.1 Å². The van der Waals surface area contributed by atoms with E-state index in [2.05, 4.69) is 61.1 Å². The Labute approximate surface area is 209 Å². The summed E-state index contributed by atoms with van der Waals surface area (Å²) in [6.07, 6.45) is 0. The second-order valence-corrected chi connectivity index (χ2v) is 9.55. The van der Waals surface area contributed by atoms with Gasteiger partial charge in [-0.3, -0.25) is 4.79 Å². The standard InChI is InChI=1S/C25H22Br2N4O2/c1-15(2)21-14-18(27)8-13-22(21)28-25(32)23-29-24(16-4-6-17(26)7-5-16)31(30-23)19-9-11-20(33-3)12-10-19/h4-15H,1-3H3,(H,28,32). The number of methoxy groups -OCH3 is 1. The molecule has 1 amide bonds. The van der Waals surface area contributed by atoms with Crippen molar-refractivity contribution in [3.05, 3.63) is 87.1 Å². The molecule has 0 unspecified atom stereocenters. The Morgan fingerprint density at radius 3 is 2.27 bits per heavy atom. The Balaban J connectivity index is 1.74. The molecule has 0 atom stereocenters. The first-order valence-corrected chi connectivity index (χ1v) is 11.9. The van der Waals surface area contributed by atoms with Crippen LogP contribution >= 0.6 is 31.9 Å². The molecule has 8 heteroatoms. The highest BCUT2D eigenvalue weighted by atomic mass is 79.9. The number of aromatic nitrogens is 3. The number of nitrogens with one attached hydrogen (secondary N) is 1. The van der Waals surface area contributed by atoms with Gasteiger partial charge in [0.25, 0.3) is 5.91 Å². The molecule has 1 heterocycles. The summed E-state index contributed by atoms with van der Waals surface area (Å²) in [5.74, 6) is 1.25. The lowest BCUT2D eigenvalue weighted by Crippen LogP contribution is -2.16. The monoisotopic (exact) mass is 568 g/mol. The number of halogens is 2. The van der Waals surface area contributed by atoms with Gasteiger partial charge in [-0.05, 0) is 66.1 Å². The molecule has 0 aliphatic rings. The third-order valence-electron chi connectivity index (χ3n) is 5.11. The number of carbonyl (C=O) groups excluding carboxylic acids is 1. The summed E-state index contributed by atoms with van der Waals surface area (Å²) in [6, 6.07) is 21.0. The zero-order chi connectivity index (χ0) is 23.5. The molecule has 0 fully saturated rings. The Hall–Kier alpha value is -2.97. The van der Waals surface area contributed by atoms with Crippen molar-refractivity contribution in [2.75, 3.05) is 12.4 Å². The highest BCUT2D eigenvalue weighted by Crippen LogP contribution is 2.29. The van der Waals surface area contributed by atoms with Crippen LogP contribution < -0.4 is 10.1 Å². The Morgan fingerprint density at radius 1 is 0.970 bits per heavy atom. The molecule has 0 aliphatic carbocycles. The maximum Gasteiger partial charge on any atom is 0.295 e. The maximum atomic E-state index is 13.2. The SMILES string of the molecule is COc1ccc(-n2nc(C(=O)Nc3ccc(Br)cc3C(C)C)nc2-c2ccc(Br)cc2)cc1. The molecule has 4 rings (SSSR count). The van der Waals surface area contributed by atoms with Crippen molar-refractivity contribution in [2.24, 2.45) is 0 Å². The second-order valence-electron chi connectivity index (χ2n) is 7.72. The van der Waals surface area contributed by atoms with Crippen molar-refractivity contribution in [3.8, 4) is 22.8 Å². The Kier molecular flexibility index (Phi) is 6.95. The molecule has 0 saturated carbocycles. The number of anilines is 1. The van der Waals surface area contributed by atoms with Crippen molar-refractivity contribution in [2.45, 2.75) is 19.8 Å². The first-order chi connectivity index (χ1) is 15.9. The number of hydrogen-bond donors (Lipinski definition) is 1. The van der Waals surface area contributed by atoms with Crippen LogP contribution in [0, 0.1) is 0 Å². The van der Waals surface area contributed by atoms with Gasteiger partial charge in [-0.25, -0.2) is 9.67 Å². The van der Waals surface area contributed by atoms with Crippen molar-refractivity contribution in [3.63, 3.8) is 0 Å². The van der Waals surface area contributed by atoms with Crippen LogP contribution in [-0.4, -0.2) is 27.8 Å². The number of amides is 1. The predicted octanol–water partition coefficient (Wildman–Crippen LogP) is 6.84. The van der Waals surface area contributed by atoms with E-state index in [4.69, 9.17) is 4.74 Å². The van der Waals surface area contributed by atoms with Crippen LogP contribution in [-0.2, 0) is 0 Å². The zero-order valence-electron chi connectivity index (χ0n) is 18.3. The van der Waals surface area contributed by atoms with Crippen LogP contribution in [0.2, 0.25) is 0 Å². The third-order valence-corrected chi connectivity index (χ3v) is 6.14. The van der Waals surface area contributed by atoms with E-state index in [1.807, 2.05) is 66.7 Å². The largest absolute Gasteiger partial charge is 0.497 e. The number of benzene rings is 3.